The minimum absolute atomic E-state index is 0.0862. The highest BCUT2D eigenvalue weighted by molar-refractivity contribution is 9.18. The zero-order valence-electron chi connectivity index (χ0n) is 10.6. The zero-order valence-corrected chi connectivity index (χ0v) is 12.2. The molecule has 2 amide bonds. The van der Waals surface area contributed by atoms with Gasteiger partial charge in [-0.15, -0.1) is 0 Å². The van der Waals surface area contributed by atoms with E-state index >= 15 is 0 Å². The fraction of sp³-hybridized carbons (Fsp3) is 0.583. The standard InChI is InChI=1S/C12H18BrN3O2/c1-9(6-11(13)14-2)7-15-12(18)10-4-3-5-16(10)8-17/h6,8,10H,3-5,7H2,1-2H3,(H,15,18)/b9-6+,14-11?. The number of rotatable bonds is 5. The van der Waals surface area contributed by atoms with Crippen LogP contribution >= 0.6 is 15.9 Å². The number of halogens is 1. The highest BCUT2D eigenvalue weighted by atomic mass is 79.9. The van der Waals surface area contributed by atoms with Crippen LogP contribution in [0.1, 0.15) is 19.8 Å². The summed E-state index contributed by atoms with van der Waals surface area (Å²) in [5.74, 6) is -0.0862. The zero-order chi connectivity index (χ0) is 13.5. The van der Waals surface area contributed by atoms with Crippen LogP contribution in [-0.2, 0) is 9.59 Å². The van der Waals surface area contributed by atoms with Crippen molar-refractivity contribution in [2.24, 2.45) is 4.99 Å². The molecule has 1 heterocycles. The summed E-state index contributed by atoms with van der Waals surface area (Å²) < 4.78 is 0.740. The van der Waals surface area contributed by atoms with Crippen molar-refractivity contribution in [2.75, 3.05) is 20.1 Å². The molecule has 0 aromatic heterocycles. The van der Waals surface area contributed by atoms with Crippen molar-refractivity contribution in [1.82, 2.24) is 10.2 Å². The largest absolute Gasteiger partial charge is 0.351 e. The Morgan fingerprint density at radius 1 is 1.61 bits per heavy atom. The molecule has 1 fully saturated rings. The molecule has 1 N–H and O–H groups in total. The van der Waals surface area contributed by atoms with E-state index in [2.05, 4.69) is 26.2 Å². The molecule has 1 saturated heterocycles. The van der Waals surface area contributed by atoms with Crippen LogP contribution in [-0.4, -0.2) is 48.0 Å². The molecule has 0 aromatic carbocycles. The molecule has 0 spiro atoms. The molecule has 1 aliphatic rings. The molecular weight excluding hydrogens is 298 g/mol. The maximum atomic E-state index is 11.9. The van der Waals surface area contributed by atoms with Crippen LogP contribution in [0.3, 0.4) is 0 Å². The lowest BCUT2D eigenvalue weighted by Gasteiger charge is -2.19. The van der Waals surface area contributed by atoms with E-state index in [1.165, 1.54) is 0 Å². The van der Waals surface area contributed by atoms with E-state index < -0.39 is 0 Å². The Morgan fingerprint density at radius 3 is 2.94 bits per heavy atom. The van der Waals surface area contributed by atoms with Crippen LogP contribution in [0.4, 0.5) is 0 Å². The quantitative estimate of drug-likeness (QED) is 0.610. The third-order valence-corrected chi connectivity index (χ3v) is 3.44. The van der Waals surface area contributed by atoms with Gasteiger partial charge in [0.15, 0.2) is 0 Å². The number of carbonyl (C=O) groups is 2. The Morgan fingerprint density at radius 2 is 2.33 bits per heavy atom. The summed E-state index contributed by atoms with van der Waals surface area (Å²) in [6.45, 7) is 3.05. The van der Waals surface area contributed by atoms with E-state index in [9.17, 15) is 9.59 Å². The molecular formula is C12H18BrN3O2. The smallest absolute Gasteiger partial charge is 0.243 e. The third kappa shape index (κ3) is 4.25. The lowest BCUT2D eigenvalue weighted by molar-refractivity contribution is -0.130. The predicted molar refractivity (Wildman–Crippen MR) is 74.8 cm³/mol. The average molecular weight is 316 g/mol. The molecule has 6 heteroatoms. The first kappa shape index (κ1) is 14.9. The number of carbonyl (C=O) groups excluding carboxylic acids is 2. The minimum Gasteiger partial charge on any atom is -0.351 e. The maximum Gasteiger partial charge on any atom is 0.243 e. The number of amides is 2. The molecule has 0 radical (unpaired) electrons. The van der Waals surface area contributed by atoms with Crippen molar-refractivity contribution < 1.29 is 9.59 Å². The molecule has 5 nitrogen and oxygen atoms in total. The van der Waals surface area contributed by atoms with Crippen molar-refractivity contribution in [1.29, 1.82) is 0 Å². The van der Waals surface area contributed by atoms with E-state index in [0.717, 1.165) is 29.4 Å². The van der Waals surface area contributed by atoms with Gasteiger partial charge in [-0.05, 0) is 41.8 Å². The summed E-state index contributed by atoms with van der Waals surface area (Å²) in [7, 11) is 1.69. The fourth-order valence-corrected chi connectivity index (χ4v) is 2.25. The molecule has 18 heavy (non-hydrogen) atoms. The Kier molecular flexibility index (Phi) is 6.04. The lowest BCUT2D eigenvalue weighted by atomic mass is 10.2. The Labute approximate surface area is 115 Å². The molecule has 1 aliphatic heterocycles. The number of aliphatic imine (C=N–C) groups is 1. The molecule has 1 unspecified atom stereocenters. The SMILES string of the molecule is CN=C(Br)/C=C(\C)CNC(=O)C1CCCN1C=O. The van der Waals surface area contributed by atoms with Gasteiger partial charge in [0.25, 0.3) is 0 Å². The Balaban J connectivity index is 2.46. The van der Waals surface area contributed by atoms with E-state index in [0.29, 0.717) is 13.1 Å². The van der Waals surface area contributed by atoms with Crippen molar-refractivity contribution in [3.63, 3.8) is 0 Å². The van der Waals surface area contributed by atoms with Crippen LogP contribution in [0.15, 0.2) is 16.6 Å². The van der Waals surface area contributed by atoms with Gasteiger partial charge in [0.1, 0.15) is 6.04 Å². The first-order valence-corrected chi connectivity index (χ1v) is 6.66. The second kappa shape index (κ2) is 7.31. The van der Waals surface area contributed by atoms with Crippen LogP contribution in [0.25, 0.3) is 0 Å². The van der Waals surface area contributed by atoms with E-state index in [1.807, 2.05) is 13.0 Å². The van der Waals surface area contributed by atoms with E-state index in [1.54, 1.807) is 11.9 Å². The van der Waals surface area contributed by atoms with Crippen LogP contribution < -0.4 is 5.32 Å². The van der Waals surface area contributed by atoms with Gasteiger partial charge in [0.05, 0.1) is 4.62 Å². The van der Waals surface area contributed by atoms with Gasteiger partial charge < -0.3 is 10.2 Å². The van der Waals surface area contributed by atoms with E-state index in [-0.39, 0.29) is 11.9 Å². The first-order chi connectivity index (χ1) is 8.58. The summed E-state index contributed by atoms with van der Waals surface area (Å²) in [6.07, 6.45) is 4.24. The monoisotopic (exact) mass is 315 g/mol. The number of hydrogen-bond acceptors (Lipinski definition) is 3. The Hall–Kier alpha value is -1.17. The van der Waals surface area contributed by atoms with Crippen LogP contribution in [0.2, 0.25) is 0 Å². The van der Waals surface area contributed by atoms with Crippen LogP contribution in [0, 0.1) is 0 Å². The highest BCUT2D eigenvalue weighted by Crippen LogP contribution is 2.14. The molecule has 1 atom stereocenters. The summed E-state index contributed by atoms with van der Waals surface area (Å²) in [5, 5.41) is 2.83. The number of nitrogens with zero attached hydrogens (tertiary/aromatic N) is 2. The summed E-state index contributed by atoms with van der Waals surface area (Å²) in [4.78, 5) is 28.2. The molecule has 0 bridgehead atoms. The third-order valence-electron chi connectivity index (χ3n) is 2.85. The van der Waals surface area contributed by atoms with Gasteiger partial charge in [0, 0.05) is 20.1 Å². The number of hydrogen-bond donors (Lipinski definition) is 1. The highest BCUT2D eigenvalue weighted by Gasteiger charge is 2.29. The number of allylic oxidation sites excluding steroid dienone is 1. The van der Waals surface area contributed by atoms with Crippen molar-refractivity contribution in [3.05, 3.63) is 11.6 Å². The van der Waals surface area contributed by atoms with Crippen molar-refractivity contribution >= 4 is 32.9 Å². The normalized spacial score (nSPS) is 21.1. The maximum absolute atomic E-state index is 11.9. The van der Waals surface area contributed by atoms with Crippen molar-refractivity contribution in [2.45, 2.75) is 25.8 Å². The summed E-state index contributed by atoms with van der Waals surface area (Å²) in [5.41, 5.74) is 0.997. The molecule has 0 aliphatic carbocycles. The minimum atomic E-state index is -0.307. The van der Waals surface area contributed by atoms with Crippen molar-refractivity contribution in [3.8, 4) is 0 Å². The van der Waals surface area contributed by atoms with Gasteiger partial charge in [-0.1, -0.05) is 5.57 Å². The first-order valence-electron chi connectivity index (χ1n) is 5.86. The van der Waals surface area contributed by atoms with Crippen LogP contribution in [0.5, 0.6) is 0 Å². The Bertz CT molecular complexity index is 380. The summed E-state index contributed by atoms with van der Waals surface area (Å²) >= 11 is 3.28. The number of nitrogens with one attached hydrogen (secondary N) is 1. The molecule has 100 valence electrons. The molecule has 0 saturated carbocycles. The average Bonchev–Trinajstić information content (AvgIpc) is 2.84. The van der Waals surface area contributed by atoms with Gasteiger partial charge in [-0.3, -0.25) is 14.6 Å². The topological polar surface area (TPSA) is 61.8 Å². The lowest BCUT2D eigenvalue weighted by Crippen LogP contribution is -2.43. The van der Waals surface area contributed by atoms with Gasteiger partial charge >= 0.3 is 0 Å². The second-order valence-electron chi connectivity index (χ2n) is 4.26. The van der Waals surface area contributed by atoms with Gasteiger partial charge in [-0.25, -0.2) is 0 Å². The fourth-order valence-electron chi connectivity index (χ4n) is 1.86. The summed E-state index contributed by atoms with van der Waals surface area (Å²) in [6, 6.07) is -0.307. The predicted octanol–water partition coefficient (Wildman–Crippen LogP) is 1.09. The number of likely N-dealkylation sites (tertiary alicyclic amines) is 1. The molecule has 1 rings (SSSR count). The second-order valence-corrected chi connectivity index (χ2v) is 5.07. The van der Waals surface area contributed by atoms with Gasteiger partial charge in [-0.2, -0.15) is 0 Å². The van der Waals surface area contributed by atoms with Gasteiger partial charge in [0.2, 0.25) is 12.3 Å². The molecule has 0 aromatic rings. The van der Waals surface area contributed by atoms with E-state index in [4.69, 9.17) is 0 Å².